The molecule has 0 aromatic heterocycles. The molecule has 88 valence electrons. The van der Waals surface area contributed by atoms with E-state index in [0.717, 1.165) is 4.31 Å². The Kier molecular flexibility index (Phi) is 4.03. The lowest BCUT2D eigenvalue weighted by molar-refractivity contribution is -0.145. The first-order valence-electron chi connectivity index (χ1n) is 4.51. The van der Waals surface area contributed by atoms with Crippen molar-refractivity contribution in [3.05, 3.63) is 0 Å². The van der Waals surface area contributed by atoms with Gasteiger partial charge in [-0.2, -0.15) is 12.7 Å². The van der Waals surface area contributed by atoms with Crippen molar-refractivity contribution >= 4 is 16.2 Å². The Bertz CT molecular complexity index is 320. The van der Waals surface area contributed by atoms with E-state index in [9.17, 15) is 13.2 Å². The van der Waals surface area contributed by atoms with Gasteiger partial charge in [-0.25, -0.2) is 9.93 Å². The van der Waals surface area contributed by atoms with E-state index < -0.39 is 16.2 Å². The predicted molar refractivity (Wildman–Crippen MR) is 51.3 cm³/mol. The van der Waals surface area contributed by atoms with Gasteiger partial charge in [0.2, 0.25) is 0 Å². The van der Waals surface area contributed by atoms with E-state index in [-0.39, 0.29) is 25.8 Å². The highest BCUT2D eigenvalue weighted by atomic mass is 32.2. The maximum absolute atomic E-state index is 10.9. The van der Waals surface area contributed by atoms with Crippen LogP contribution >= 0.6 is 0 Å². The van der Waals surface area contributed by atoms with Crippen LogP contribution in [-0.4, -0.2) is 49.6 Å². The van der Waals surface area contributed by atoms with Gasteiger partial charge in [0.05, 0.1) is 6.10 Å². The van der Waals surface area contributed by atoms with Crippen LogP contribution in [0.3, 0.4) is 0 Å². The molecule has 1 aliphatic rings. The summed E-state index contributed by atoms with van der Waals surface area (Å²) in [5.74, 6) is -1.02. The lowest BCUT2D eigenvalue weighted by Crippen LogP contribution is -2.44. The Morgan fingerprint density at radius 2 is 2.00 bits per heavy atom. The molecular formula is C7H14N2O5S. The van der Waals surface area contributed by atoms with Gasteiger partial charge in [-0.15, -0.1) is 0 Å². The summed E-state index contributed by atoms with van der Waals surface area (Å²) in [6.07, 6.45) is 0.757. The number of aliphatic carboxylic acids is 1. The molecule has 15 heavy (non-hydrogen) atoms. The Balaban J connectivity index is 2.33. The van der Waals surface area contributed by atoms with E-state index in [2.05, 4.69) is 0 Å². The van der Waals surface area contributed by atoms with Gasteiger partial charge in [-0.05, 0) is 12.8 Å². The third kappa shape index (κ3) is 4.12. The molecule has 0 radical (unpaired) electrons. The summed E-state index contributed by atoms with van der Waals surface area (Å²) >= 11 is 0. The summed E-state index contributed by atoms with van der Waals surface area (Å²) < 4.78 is 28.1. The first-order chi connectivity index (χ1) is 6.89. The maximum atomic E-state index is 10.9. The SMILES string of the molecule is NS(=O)(=O)N1CCC(OCC(=O)O)CC1. The summed E-state index contributed by atoms with van der Waals surface area (Å²) in [4.78, 5) is 10.2. The molecule has 7 nitrogen and oxygen atoms in total. The molecular weight excluding hydrogens is 224 g/mol. The molecule has 1 rings (SSSR count). The van der Waals surface area contributed by atoms with Crippen LogP contribution in [0.25, 0.3) is 0 Å². The quantitative estimate of drug-likeness (QED) is 0.636. The molecule has 0 bridgehead atoms. The molecule has 0 saturated carbocycles. The van der Waals surface area contributed by atoms with Gasteiger partial charge < -0.3 is 9.84 Å². The molecule has 0 aromatic carbocycles. The molecule has 0 atom stereocenters. The fourth-order valence-electron chi connectivity index (χ4n) is 1.44. The summed E-state index contributed by atoms with van der Waals surface area (Å²) in [5, 5.41) is 13.3. The van der Waals surface area contributed by atoms with Gasteiger partial charge in [0.25, 0.3) is 10.2 Å². The van der Waals surface area contributed by atoms with Crippen molar-refractivity contribution < 1.29 is 23.1 Å². The largest absolute Gasteiger partial charge is 0.480 e. The van der Waals surface area contributed by atoms with Gasteiger partial charge in [-0.3, -0.25) is 0 Å². The Morgan fingerprint density at radius 3 is 2.40 bits per heavy atom. The van der Waals surface area contributed by atoms with Gasteiger partial charge in [0, 0.05) is 13.1 Å². The zero-order valence-corrected chi connectivity index (χ0v) is 8.94. The van der Waals surface area contributed by atoms with E-state index in [4.69, 9.17) is 15.0 Å². The normalized spacial score (nSPS) is 20.3. The first-order valence-corrected chi connectivity index (χ1v) is 6.01. The van der Waals surface area contributed by atoms with Crippen LogP contribution in [0, 0.1) is 0 Å². The summed E-state index contributed by atoms with van der Waals surface area (Å²) in [6, 6.07) is 0. The monoisotopic (exact) mass is 238 g/mol. The third-order valence-electron chi connectivity index (χ3n) is 2.20. The number of carboxylic acids is 1. The highest BCUT2D eigenvalue weighted by Gasteiger charge is 2.25. The van der Waals surface area contributed by atoms with E-state index >= 15 is 0 Å². The van der Waals surface area contributed by atoms with E-state index in [0.29, 0.717) is 12.8 Å². The van der Waals surface area contributed by atoms with E-state index in [1.54, 1.807) is 0 Å². The lowest BCUT2D eigenvalue weighted by atomic mass is 10.1. The Hall–Kier alpha value is -0.700. The van der Waals surface area contributed by atoms with E-state index in [1.165, 1.54) is 0 Å². The highest BCUT2D eigenvalue weighted by molar-refractivity contribution is 7.86. The maximum Gasteiger partial charge on any atom is 0.329 e. The van der Waals surface area contributed by atoms with Crippen LogP contribution in [0.1, 0.15) is 12.8 Å². The lowest BCUT2D eigenvalue weighted by Gasteiger charge is -2.29. The van der Waals surface area contributed by atoms with Gasteiger partial charge in [-0.1, -0.05) is 0 Å². The van der Waals surface area contributed by atoms with Crippen molar-refractivity contribution in [2.75, 3.05) is 19.7 Å². The van der Waals surface area contributed by atoms with Crippen molar-refractivity contribution in [1.29, 1.82) is 0 Å². The smallest absolute Gasteiger partial charge is 0.329 e. The second kappa shape index (κ2) is 4.88. The second-order valence-corrected chi connectivity index (χ2v) is 4.89. The van der Waals surface area contributed by atoms with Crippen molar-refractivity contribution in [2.24, 2.45) is 5.14 Å². The zero-order valence-electron chi connectivity index (χ0n) is 8.13. The number of piperidine rings is 1. The van der Waals surface area contributed by atoms with Gasteiger partial charge in [0.1, 0.15) is 6.61 Å². The number of ether oxygens (including phenoxy) is 1. The molecule has 0 aromatic rings. The van der Waals surface area contributed by atoms with Crippen LogP contribution in [0.4, 0.5) is 0 Å². The van der Waals surface area contributed by atoms with Crippen LogP contribution in [0.2, 0.25) is 0 Å². The van der Waals surface area contributed by atoms with Crippen molar-refractivity contribution in [3.63, 3.8) is 0 Å². The average molecular weight is 238 g/mol. The summed E-state index contributed by atoms with van der Waals surface area (Å²) in [6.45, 7) is 0.215. The molecule has 0 amide bonds. The van der Waals surface area contributed by atoms with Crippen LogP contribution in [-0.2, 0) is 19.7 Å². The highest BCUT2D eigenvalue weighted by Crippen LogP contribution is 2.14. The van der Waals surface area contributed by atoms with Crippen LogP contribution in [0.15, 0.2) is 0 Å². The zero-order chi connectivity index (χ0) is 11.5. The molecule has 8 heteroatoms. The Labute approximate surface area is 88.0 Å². The fourth-order valence-corrected chi connectivity index (χ4v) is 2.16. The summed E-state index contributed by atoms with van der Waals surface area (Å²) in [7, 11) is -3.62. The molecule has 0 aliphatic carbocycles. The molecule has 1 saturated heterocycles. The van der Waals surface area contributed by atoms with Crippen molar-refractivity contribution in [2.45, 2.75) is 18.9 Å². The predicted octanol–water partition coefficient (Wildman–Crippen LogP) is -1.24. The minimum absolute atomic E-state index is 0.195. The van der Waals surface area contributed by atoms with Crippen molar-refractivity contribution in [1.82, 2.24) is 4.31 Å². The second-order valence-electron chi connectivity index (χ2n) is 3.35. The minimum atomic E-state index is -3.62. The molecule has 1 fully saturated rings. The third-order valence-corrected chi connectivity index (χ3v) is 3.29. The van der Waals surface area contributed by atoms with E-state index in [1.807, 2.05) is 0 Å². The fraction of sp³-hybridized carbons (Fsp3) is 0.857. The van der Waals surface area contributed by atoms with Crippen molar-refractivity contribution in [3.8, 4) is 0 Å². The average Bonchev–Trinajstić information content (AvgIpc) is 2.14. The van der Waals surface area contributed by atoms with Gasteiger partial charge in [0.15, 0.2) is 0 Å². The molecule has 1 heterocycles. The van der Waals surface area contributed by atoms with Gasteiger partial charge >= 0.3 is 5.97 Å². The van der Waals surface area contributed by atoms with Crippen LogP contribution in [0.5, 0.6) is 0 Å². The number of carbonyl (C=O) groups is 1. The Morgan fingerprint density at radius 1 is 1.47 bits per heavy atom. The number of carboxylic acid groups (broad SMARTS) is 1. The molecule has 1 aliphatic heterocycles. The topological polar surface area (TPSA) is 110 Å². The number of nitrogens with zero attached hydrogens (tertiary/aromatic N) is 1. The summed E-state index contributed by atoms with van der Waals surface area (Å²) in [5.41, 5.74) is 0. The molecule has 0 unspecified atom stereocenters. The molecule has 0 spiro atoms. The number of nitrogens with two attached hydrogens (primary N) is 1. The standard InChI is InChI=1S/C7H14N2O5S/c8-15(12,13)9-3-1-6(2-4-9)14-5-7(10)11/h6H,1-5H2,(H,10,11)(H2,8,12,13). The number of hydrogen-bond donors (Lipinski definition) is 2. The minimum Gasteiger partial charge on any atom is -0.480 e. The van der Waals surface area contributed by atoms with Crippen LogP contribution < -0.4 is 5.14 Å². The first kappa shape index (κ1) is 12.4. The number of rotatable bonds is 4. The molecule has 3 N–H and O–H groups in total. The number of hydrogen-bond acceptors (Lipinski definition) is 4.